The van der Waals surface area contributed by atoms with Gasteiger partial charge in [-0.15, -0.1) is 0 Å². The lowest BCUT2D eigenvalue weighted by Gasteiger charge is -2.09. The van der Waals surface area contributed by atoms with Crippen molar-refractivity contribution in [3.05, 3.63) is 64.7 Å². The quantitative estimate of drug-likeness (QED) is 0.671. The minimum atomic E-state index is -0.473. The van der Waals surface area contributed by atoms with Gasteiger partial charge in [0.05, 0.1) is 0 Å². The molecule has 0 heterocycles. The number of aryl methyl sites for hydroxylation is 1. The number of phenolic OH excluding ortho intramolecular Hbond substituents is 1. The van der Waals surface area contributed by atoms with Crippen molar-refractivity contribution >= 4 is 17.7 Å². The molecule has 0 aliphatic carbocycles. The van der Waals surface area contributed by atoms with Crippen LogP contribution in [0.5, 0.6) is 5.75 Å². The first-order valence-electron chi connectivity index (χ1n) is 6.79. The number of carbonyl (C=O) groups excluding carboxylic acids is 1. The Kier molecular flexibility index (Phi) is 4.60. The Morgan fingerprint density at radius 1 is 1.23 bits per heavy atom. The molecule has 0 atom stereocenters. The molecule has 4 heteroatoms. The van der Waals surface area contributed by atoms with E-state index < -0.39 is 5.91 Å². The normalized spacial score (nSPS) is 10.9. The second-order valence-electron chi connectivity index (χ2n) is 4.97. The minimum absolute atomic E-state index is 0.0218. The van der Waals surface area contributed by atoms with Crippen molar-refractivity contribution in [3.63, 3.8) is 0 Å². The van der Waals surface area contributed by atoms with Gasteiger partial charge >= 0.3 is 0 Å². The van der Waals surface area contributed by atoms with Crippen LogP contribution in [0.25, 0.3) is 6.08 Å². The predicted octanol–water partition coefficient (Wildman–Crippen LogP) is 3.55. The summed E-state index contributed by atoms with van der Waals surface area (Å²) in [6, 6.07) is 13.9. The van der Waals surface area contributed by atoms with Crippen LogP contribution in [-0.2, 0) is 4.79 Å². The van der Waals surface area contributed by atoms with Gasteiger partial charge in [0.15, 0.2) is 0 Å². The number of amides is 1. The molecule has 2 aromatic carbocycles. The Morgan fingerprint density at radius 2 is 1.95 bits per heavy atom. The number of carbonyl (C=O) groups is 1. The van der Waals surface area contributed by atoms with E-state index in [1.165, 1.54) is 18.2 Å². The molecule has 2 rings (SSSR count). The Balaban J connectivity index is 2.26. The minimum Gasteiger partial charge on any atom is -0.508 e. The molecule has 22 heavy (non-hydrogen) atoms. The highest BCUT2D eigenvalue weighted by molar-refractivity contribution is 6.10. The van der Waals surface area contributed by atoms with Gasteiger partial charge in [0, 0.05) is 5.69 Å². The Morgan fingerprint density at radius 3 is 2.64 bits per heavy atom. The van der Waals surface area contributed by atoms with Crippen molar-refractivity contribution < 1.29 is 9.90 Å². The number of nitrogens with zero attached hydrogens (tertiary/aromatic N) is 1. The molecule has 4 nitrogen and oxygen atoms in total. The number of benzene rings is 2. The maximum absolute atomic E-state index is 12.2. The van der Waals surface area contributed by atoms with Crippen LogP contribution in [0.1, 0.15) is 16.7 Å². The highest BCUT2D eigenvalue weighted by atomic mass is 16.3. The summed E-state index contributed by atoms with van der Waals surface area (Å²) in [5.41, 5.74) is 3.28. The van der Waals surface area contributed by atoms with E-state index >= 15 is 0 Å². The topological polar surface area (TPSA) is 73.1 Å². The van der Waals surface area contributed by atoms with E-state index in [9.17, 15) is 15.2 Å². The summed E-state index contributed by atoms with van der Waals surface area (Å²) in [5, 5.41) is 21.4. The smallest absolute Gasteiger partial charge is 0.266 e. The number of rotatable bonds is 3. The Labute approximate surface area is 129 Å². The summed E-state index contributed by atoms with van der Waals surface area (Å²) in [7, 11) is 0. The van der Waals surface area contributed by atoms with Gasteiger partial charge in [0.2, 0.25) is 0 Å². The van der Waals surface area contributed by atoms with Gasteiger partial charge in [-0.25, -0.2) is 0 Å². The molecule has 0 saturated carbocycles. The summed E-state index contributed by atoms with van der Waals surface area (Å²) in [6.07, 6.45) is 1.44. The Bertz CT molecular complexity index is 786. The van der Waals surface area contributed by atoms with Crippen LogP contribution in [0.15, 0.2) is 48.0 Å². The number of nitrogens with one attached hydrogen (secondary N) is 1. The molecule has 0 aliphatic heterocycles. The summed E-state index contributed by atoms with van der Waals surface area (Å²) < 4.78 is 0. The van der Waals surface area contributed by atoms with Gasteiger partial charge < -0.3 is 10.4 Å². The number of hydrogen-bond acceptors (Lipinski definition) is 3. The van der Waals surface area contributed by atoms with Crippen LogP contribution in [-0.4, -0.2) is 11.0 Å². The van der Waals surface area contributed by atoms with Gasteiger partial charge in [0.25, 0.3) is 5.91 Å². The lowest BCUT2D eigenvalue weighted by atomic mass is 10.1. The Hall–Kier alpha value is -3.06. The third-order valence-electron chi connectivity index (χ3n) is 3.40. The first-order chi connectivity index (χ1) is 10.5. The molecule has 0 radical (unpaired) electrons. The number of hydrogen-bond donors (Lipinski definition) is 2. The lowest BCUT2D eigenvalue weighted by Crippen LogP contribution is -2.14. The third kappa shape index (κ3) is 3.53. The van der Waals surface area contributed by atoms with Crippen molar-refractivity contribution in [1.29, 1.82) is 5.26 Å². The molecule has 0 aromatic heterocycles. The second-order valence-corrected chi connectivity index (χ2v) is 4.97. The highest BCUT2D eigenvalue weighted by Crippen LogP contribution is 2.19. The van der Waals surface area contributed by atoms with Gasteiger partial charge in [0.1, 0.15) is 17.4 Å². The first-order valence-corrected chi connectivity index (χ1v) is 6.79. The fourth-order valence-corrected chi connectivity index (χ4v) is 2.01. The molecule has 1 amide bonds. The summed E-state index contributed by atoms with van der Waals surface area (Å²) in [5.74, 6) is -0.388. The van der Waals surface area contributed by atoms with E-state index in [1.54, 1.807) is 18.2 Å². The zero-order valence-electron chi connectivity index (χ0n) is 12.4. The number of nitriles is 1. The van der Waals surface area contributed by atoms with Gasteiger partial charge in [-0.3, -0.25) is 4.79 Å². The molecule has 0 aliphatic rings. The average Bonchev–Trinajstić information content (AvgIpc) is 2.49. The summed E-state index contributed by atoms with van der Waals surface area (Å²) in [6.45, 7) is 3.87. The van der Waals surface area contributed by atoms with Crippen LogP contribution >= 0.6 is 0 Å². The molecule has 2 aromatic rings. The van der Waals surface area contributed by atoms with Crippen LogP contribution in [0.3, 0.4) is 0 Å². The molecule has 0 spiro atoms. The SMILES string of the molecule is Cc1cccc(NC(=O)/C(C#N)=C/c2cccc(O)c2)c1C. The van der Waals surface area contributed by atoms with Crippen LogP contribution < -0.4 is 5.32 Å². The van der Waals surface area contributed by atoms with Crippen LogP contribution in [0.4, 0.5) is 5.69 Å². The predicted molar refractivity (Wildman–Crippen MR) is 86.2 cm³/mol. The number of aromatic hydroxyl groups is 1. The van der Waals surface area contributed by atoms with Crippen LogP contribution in [0, 0.1) is 25.2 Å². The van der Waals surface area contributed by atoms with Crippen molar-refractivity contribution in [3.8, 4) is 11.8 Å². The molecule has 2 N–H and O–H groups in total. The molecule has 0 fully saturated rings. The molecular formula is C18H16N2O2. The monoisotopic (exact) mass is 292 g/mol. The molecule has 0 unspecified atom stereocenters. The van der Waals surface area contributed by atoms with E-state index in [0.717, 1.165) is 11.1 Å². The zero-order chi connectivity index (χ0) is 16.1. The fraction of sp³-hybridized carbons (Fsp3) is 0.111. The van der Waals surface area contributed by atoms with E-state index in [2.05, 4.69) is 5.32 Å². The lowest BCUT2D eigenvalue weighted by molar-refractivity contribution is -0.112. The van der Waals surface area contributed by atoms with Gasteiger partial charge in [-0.1, -0.05) is 24.3 Å². The summed E-state index contributed by atoms with van der Waals surface area (Å²) >= 11 is 0. The van der Waals surface area contributed by atoms with Crippen molar-refractivity contribution in [2.75, 3.05) is 5.32 Å². The standard InChI is InChI=1S/C18H16N2O2/c1-12-5-3-8-17(13(12)2)20-18(22)15(11-19)9-14-6-4-7-16(21)10-14/h3-10,21H,1-2H3,(H,20,22)/b15-9+. The molecular weight excluding hydrogens is 276 g/mol. The first kappa shape index (κ1) is 15.3. The third-order valence-corrected chi connectivity index (χ3v) is 3.40. The van der Waals surface area contributed by atoms with Crippen molar-refractivity contribution in [2.24, 2.45) is 0 Å². The maximum Gasteiger partial charge on any atom is 0.266 e. The summed E-state index contributed by atoms with van der Waals surface area (Å²) in [4.78, 5) is 12.2. The molecule has 110 valence electrons. The fourth-order valence-electron chi connectivity index (χ4n) is 2.01. The van der Waals surface area contributed by atoms with Gasteiger partial charge in [-0.05, 0) is 54.8 Å². The number of phenols is 1. The molecule has 0 bridgehead atoms. The van der Waals surface area contributed by atoms with Crippen molar-refractivity contribution in [1.82, 2.24) is 0 Å². The zero-order valence-corrected chi connectivity index (χ0v) is 12.4. The van der Waals surface area contributed by atoms with Crippen LogP contribution in [0.2, 0.25) is 0 Å². The highest BCUT2D eigenvalue weighted by Gasteiger charge is 2.11. The van der Waals surface area contributed by atoms with E-state index in [1.807, 2.05) is 32.0 Å². The largest absolute Gasteiger partial charge is 0.508 e. The van der Waals surface area contributed by atoms with Gasteiger partial charge in [-0.2, -0.15) is 5.26 Å². The maximum atomic E-state index is 12.2. The molecule has 0 saturated heterocycles. The second kappa shape index (κ2) is 6.59. The van der Waals surface area contributed by atoms with E-state index in [-0.39, 0.29) is 11.3 Å². The van der Waals surface area contributed by atoms with Crippen molar-refractivity contribution in [2.45, 2.75) is 13.8 Å². The number of anilines is 1. The average molecular weight is 292 g/mol. The van der Waals surface area contributed by atoms with E-state index in [0.29, 0.717) is 11.3 Å². The van der Waals surface area contributed by atoms with E-state index in [4.69, 9.17) is 0 Å².